The van der Waals surface area contributed by atoms with Gasteiger partial charge in [0.25, 0.3) is 11.8 Å². The Morgan fingerprint density at radius 3 is 2.60 bits per heavy atom. The standard InChI is InChI=1S/C22H23N5O3/c1-15(26-14-23-17-10-6-7-11-18(17)26)19(28)25-27-20(29)22(2,24-21(27)30)13-12-16-8-4-3-5-9-16/h3-11,14-15H,12-13H2,1-2H3,(H,24,30)(H,25,28). The van der Waals surface area contributed by atoms with Crippen molar-refractivity contribution in [2.24, 2.45) is 0 Å². The van der Waals surface area contributed by atoms with Crippen molar-refractivity contribution in [3.63, 3.8) is 0 Å². The first kappa shape index (κ1) is 19.6. The molecule has 1 aromatic heterocycles. The van der Waals surface area contributed by atoms with E-state index in [4.69, 9.17) is 0 Å². The van der Waals surface area contributed by atoms with E-state index in [9.17, 15) is 14.4 Å². The first-order chi connectivity index (χ1) is 14.4. The number of para-hydroxylation sites is 2. The van der Waals surface area contributed by atoms with Gasteiger partial charge in [0.1, 0.15) is 11.6 Å². The zero-order valence-electron chi connectivity index (χ0n) is 16.8. The van der Waals surface area contributed by atoms with Crippen LogP contribution >= 0.6 is 0 Å². The van der Waals surface area contributed by atoms with Gasteiger partial charge < -0.3 is 9.88 Å². The molecule has 0 spiro atoms. The summed E-state index contributed by atoms with van der Waals surface area (Å²) in [5.74, 6) is -0.951. The van der Waals surface area contributed by atoms with E-state index >= 15 is 0 Å². The number of nitrogens with one attached hydrogen (secondary N) is 2. The molecule has 4 rings (SSSR count). The van der Waals surface area contributed by atoms with Crippen LogP contribution in [0.15, 0.2) is 60.9 Å². The van der Waals surface area contributed by atoms with Gasteiger partial charge in [0.2, 0.25) is 0 Å². The molecule has 3 aromatic rings. The molecular formula is C22H23N5O3. The number of urea groups is 1. The lowest BCUT2D eigenvalue weighted by Crippen LogP contribution is -2.50. The zero-order chi connectivity index (χ0) is 21.3. The van der Waals surface area contributed by atoms with Crippen molar-refractivity contribution in [1.82, 2.24) is 25.3 Å². The highest BCUT2D eigenvalue weighted by molar-refractivity contribution is 6.07. The Hall–Kier alpha value is -3.68. The van der Waals surface area contributed by atoms with Crippen molar-refractivity contribution in [3.8, 4) is 0 Å². The molecule has 0 aliphatic carbocycles. The van der Waals surface area contributed by atoms with Crippen molar-refractivity contribution in [2.45, 2.75) is 38.3 Å². The fraction of sp³-hybridized carbons (Fsp3) is 0.273. The summed E-state index contributed by atoms with van der Waals surface area (Å²) in [4.78, 5) is 42.4. The third kappa shape index (κ3) is 3.52. The number of amides is 4. The number of carbonyl (C=O) groups is 3. The van der Waals surface area contributed by atoms with Crippen molar-refractivity contribution >= 4 is 28.9 Å². The quantitative estimate of drug-likeness (QED) is 0.616. The van der Waals surface area contributed by atoms with Gasteiger partial charge in [-0.25, -0.2) is 9.78 Å². The predicted molar refractivity (Wildman–Crippen MR) is 111 cm³/mol. The molecule has 1 fully saturated rings. The van der Waals surface area contributed by atoms with E-state index in [0.717, 1.165) is 21.6 Å². The maximum absolute atomic E-state index is 12.9. The summed E-state index contributed by atoms with van der Waals surface area (Å²) in [5.41, 5.74) is 4.02. The molecule has 2 atom stereocenters. The minimum Gasteiger partial charge on any atom is -0.322 e. The van der Waals surface area contributed by atoms with Crippen LogP contribution in [0.1, 0.15) is 31.9 Å². The number of hydrazine groups is 1. The lowest BCUT2D eigenvalue weighted by atomic mass is 9.93. The number of carbonyl (C=O) groups excluding carboxylic acids is 3. The average molecular weight is 405 g/mol. The molecule has 1 saturated heterocycles. The number of benzene rings is 2. The molecule has 4 amide bonds. The van der Waals surface area contributed by atoms with E-state index in [1.54, 1.807) is 24.7 Å². The molecule has 2 unspecified atom stereocenters. The van der Waals surface area contributed by atoms with Crippen molar-refractivity contribution in [2.75, 3.05) is 0 Å². The molecule has 0 bridgehead atoms. The number of aromatic nitrogens is 2. The highest BCUT2D eigenvalue weighted by atomic mass is 16.2. The van der Waals surface area contributed by atoms with E-state index in [-0.39, 0.29) is 0 Å². The fourth-order valence-electron chi connectivity index (χ4n) is 3.61. The molecule has 154 valence electrons. The maximum Gasteiger partial charge on any atom is 0.344 e. The van der Waals surface area contributed by atoms with Gasteiger partial charge in [0.15, 0.2) is 0 Å². The van der Waals surface area contributed by atoms with E-state index < -0.39 is 29.4 Å². The molecule has 1 aliphatic rings. The number of rotatable bonds is 6. The second-order valence-electron chi connectivity index (χ2n) is 7.68. The number of hydrogen-bond acceptors (Lipinski definition) is 4. The molecule has 2 aromatic carbocycles. The second kappa shape index (κ2) is 7.62. The molecule has 2 heterocycles. The Labute approximate surface area is 173 Å². The molecular weight excluding hydrogens is 382 g/mol. The first-order valence-corrected chi connectivity index (χ1v) is 9.82. The van der Waals surface area contributed by atoms with E-state index in [0.29, 0.717) is 12.8 Å². The number of aryl methyl sites for hydroxylation is 1. The van der Waals surface area contributed by atoms with E-state index in [2.05, 4.69) is 15.7 Å². The van der Waals surface area contributed by atoms with Crippen molar-refractivity contribution < 1.29 is 14.4 Å². The van der Waals surface area contributed by atoms with Crippen LogP contribution in [-0.2, 0) is 16.0 Å². The van der Waals surface area contributed by atoms with Crippen LogP contribution in [-0.4, -0.2) is 37.9 Å². The van der Waals surface area contributed by atoms with Crippen LogP contribution in [0.2, 0.25) is 0 Å². The van der Waals surface area contributed by atoms with Crippen LogP contribution in [0, 0.1) is 0 Å². The third-order valence-electron chi connectivity index (χ3n) is 5.52. The van der Waals surface area contributed by atoms with Crippen molar-refractivity contribution in [1.29, 1.82) is 0 Å². The first-order valence-electron chi connectivity index (χ1n) is 9.82. The maximum atomic E-state index is 12.9. The fourth-order valence-corrected chi connectivity index (χ4v) is 3.61. The summed E-state index contributed by atoms with van der Waals surface area (Å²) in [6, 6.07) is 15.9. The SMILES string of the molecule is CC(C(=O)NN1C(=O)NC(C)(CCc2ccccc2)C1=O)n1cnc2ccccc21. The smallest absolute Gasteiger partial charge is 0.322 e. The average Bonchev–Trinajstić information content (AvgIpc) is 3.27. The third-order valence-corrected chi connectivity index (χ3v) is 5.52. The summed E-state index contributed by atoms with van der Waals surface area (Å²) >= 11 is 0. The van der Waals surface area contributed by atoms with Gasteiger partial charge in [-0.2, -0.15) is 5.01 Å². The Kier molecular flexibility index (Phi) is 4.99. The van der Waals surface area contributed by atoms with Gasteiger partial charge in [0, 0.05) is 0 Å². The highest BCUT2D eigenvalue weighted by Crippen LogP contribution is 2.23. The Bertz CT molecular complexity index is 1110. The minimum absolute atomic E-state index is 0.426. The lowest BCUT2D eigenvalue weighted by Gasteiger charge is -2.22. The number of imide groups is 1. The van der Waals surface area contributed by atoms with Crippen LogP contribution in [0.4, 0.5) is 4.79 Å². The minimum atomic E-state index is -1.08. The van der Waals surface area contributed by atoms with E-state index in [1.165, 1.54) is 0 Å². The van der Waals surface area contributed by atoms with Crippen LogP contribution in [0.3, 0.4) is 0 Å². The summed E-state index contributed by atoms with van der Waals surface area (Å²) in [6.07, 6.45) is 2.63. The molecule has 1 aliphatic heterocycles. The summed E-state index contributed by atoms with van der Waals surface area (Å²) in [7, 11) is 0. The van der Waals surface area contributed by atoms with Crippen LogP contribution < -0.4 is 10.7 Å². The van der Waals surface area contributed by atoms with Gasteiger partial charge >= 0.3 is 6.03 Å². The number of nitrogens with zero attached hydrogens (tertiary/aromatic N) is 3. The van der Waals surface area contributed by atoms with Crippen molar-refractivity contribution in [3.05, 3.63) is 66.5 Å². The topological polar surface area (TPSA) is 96.3 Å². The Morgan fingerprint density at radius 2 is 1.83 bits per heavy atom. The molecule has 30 heavy (non-hydrogen) atoms. The number of fused-ring (bicyclic) bond motifs is 1. The summed E-state index contributed by atoms with van der Waals surface area (Å²) < 4.78 is 1.71. The molecule has 0 radical (unpaired) electrons. The van der Waals surface area contributed by atoms with Gasteiger partial charge in [-0.1, -0.05) is 42.5 Å². The molecule has 0 saturated carbocycles. The van der Waals surface area contributed by atoms with E-state index in [1.807, 2.05) is 54.6 Å². The highest BCUT2D eigenvalue weighted by Gasteiger charge is 2.48. The molecule has 2 N–H and O–H groups in total. The second-order valence-corrected chi connectivity index (χ2v) is 7.68. The Morgan fingerprint density at radius 1 is 1.13 bits per heavy atom. The monoisotopic (exact) mass is 405 g/mol. The van der Waals surface area contributed by atoms with Gasteiger partial charge in [0.05, 0.1) is 17.4 Å². The van der Waals surface area contributed by atoms with Crippen LogP contribution in [0.5, 0.6) is 0 Å². The summed E-state index contributed by atoms with van der Waals surface area (Å²) in [5, 5.41) is 3.49. The van der Waals surface area contributed by atoms with Gasteiger partial charge in [-0.05, 0) is 44.4 Å². The number of hydrogen-bond donors (Lipinski definition) is 2. The zero-order valence-corrected chi connectivity index (χ0v) is 16.8. The van der Waals surface area contributed by atoms with Gasteiger partial charge in [-0.3, -0.25) is 15.0 Å². The largest absolute Gasteiger partial charge is 0.344 e. The summed E-state index contributed by atoms with van der Waals surface area (Å²) in [6.45, 7) is 3.37. The molecule has 8 heteroatoms. The molecule has 8 nitrogen and oxygen atoms in total. The lowest BCUT2D eigenvalue weighted by molar-refractivity contribution is -0.139. The Balaban J connectivity index is 1.45. The predicted octanol–water partition coefficient (Wildman–Crippen LogP) is 2.57. The number of imidazole rings is 1. The van der Waals surface area contributed by atoms with Gasteiger partial charge in [-0.15, -0.1) is 0 Å². The normalized spacial score (nSPS) is 19.7. The van der Waals surface area contributed by atoms with Crippen LogP contribution in [0.25, 0.3) is 11.0 Å².